The molecule has 0 spiro atoms. The molecule has 3 saturated carbocycles. The number of nitrogens with zero attached hydrogens (tertiary/aromatic N) is 2. The molecular formula is C36H50N4O5. The van der Waals surface area contributed by atoms with Crippen LogP contribution in [0.4, 0.5) is 0 Å². The molecule has 9 heteroatoms. The average Bonchev–Trinajstić information content (AvgIpc) is 3.60. The monoisotopic (exact) mass is 618 g/mol. The summed E-state index contributed by atoms with van der Waals surface area (Å²) in [5.41, 5.74) is 3.73. The minimum Gasteiger partial charge on any atom is -0.394 e. The van der Waals surface area contributed by atoms with Gasteiger partial charge in [0.25, 0.3) is 5.91 Å². The first kappa shape index (κ1) is 32.1. The molecule has 0 unspecified atom stereocenters. The van der Waals surface area contributed by atoms with E-state index in [-0.39, 0.29) is 30.5 Å². The summed E-state index contributed by atoms with van der Waals surface area (Å²) >= 11 is 0. The fourth-order valence-corrected chi connectivity index (χ4v) is 8.68. The third kappa shape index (κ3) is 6.30. The van der Waals surface area contributed by atoms with E-state index in [4.69, 9.17) is 4.84 Å². The predicted octanol–water partition coefficient (Wildman–Crippen LogP) is 3.45. The normalized spacial score (nSPS) is 33.4. The highest BCUT2D eigenvalue weighted by molar-refractivity contribution is 5.95. The Morgan fingerprint density at radius 1 is 1.09 bits per heavy atom. The number of rotatable bonds is 9. The van der Waals surface area contributed by atoms with Crippen molar-refractivity contribution in [3.8, 4) is 11.1 Å². The van der Waals surface area contributed by atoms with Crippen molar-refractivity contribution in [3.63, 3.8) is 0 Å². The number of likely N-dealkylation sites (N-methyl/N-ethyl adjacent to an activating group) is 1. The van der Waals surface area contributed by atoms with Crippen LogP contribution < -0.4 is 10.6 Å². The van der Waals surface area contributed by atoms with Crippen LogP contribution in [0.1, 0.15) is 62.9 Å². The van der Waals surface area contributed by atoms with Gasteiger partial charge in [0.05, 0.1) is 19.3 Å². The number of aliphatic hydroxyl groups is 2. The lowest BCUT2D eigenvalue weighted by molar-refractivity contribution is -0.183. The molecule has 0 aromatic heterocycles. The summed E-state index contributed by atoms with van der Waals surface area (Å²) in [6.07, 6.45) is 1.61. The highest BCUT2D eigenvalue weighted by Crippen LogP contribution is 2.61. The van der Waals surface area contributed by atoms with Crippen LogP contribution in [0.2, 0.25) is 0 Å². The van der Waals surface area contributed by atoms with E-state index in [2.05, 4.69) is 43.4 Å². The Morgan fingerprint density at radius 2 is 1.82 bits per heavy atom. The predicted molar refractivity (Wildman–Crippen MR) is 173 cm³/mol. The molecule has 9 nitrogen and oxygen atoms in total. The SMILES string of the molecule is C[C@@H]1[C@@H](NC(=O)[C@@H]2[C@H]([C@H](C)O)[C@H](CO)ON2Cc2cccc(-c3cccc(C(=O)N[C@H]4CCN(C)C4)c3)c2)C[C@@H]2C[C@H]1C2(C)C. The number of carbonyl (C=O) groups excluding carboxylic acids is 2. The molecule has 2 bridgehead atoms. The van der Waals surface area contributed by atoms with Crippen molar-refractivity contribution in [2.24, 2.45) is 29.1 Å². The van der Waals surface area contributed by atoms with E-state index in [0.29, 0.717) is 35.3 Å². The van der Waals surface area contributed by atoms with Crippen molar-refractivity contribution in [1.29, 1.82) is 0 Å². The van der Waals surface area contributed by atoms with Gasteiger partial charge in [0.1, 0.15) is 12.1 Å². The summed E-state index contributed by atoms with van der Waals surface area (Å²) in [6.45, 7) is 10.5. The first-order chi connectivity index (χ1) is 21.5. The van der Waals surface area contributed by atoms with Crippen molar-refractivity contribution >= 4 is 11.8 Å². The first-order valence-electron chi connectivity index (χ1n) is 16.7. The van der Waals surface area contributed by atoms with Gasteiger partial charge in [-0.15, -0.1) is 0 Å². The van der Waals surface area contributed by atoms with Gasteiger partial charge in [-0.05, 0) is 97.8 Å². The molecule has 5 aliphatic rings. The molecule has 2 heterocycles. The lowest BCUT2D eigenvalue weighted by atomic mass is 9.45. The molecule has 4 N–H and O–H groups in total. The lowest BCUT2D eigenvalue weighted by Crippen LogP contribution is -2.62. The van der Waals surface area contributed by atoms with Gasteiger partial charge in [0.2, 0.25) is 5.91 Å². The van der Waals surface area contributed by atoms with E-state index >= 15 is 0 Å². The molecule has 3 aliphatic carbocycles. The largest absolute Gasteiger partial charge is 0.394 e. The van der Waals surface area contributed by atoms with Crippen LogP contribution in [0, 0.1) is 29.1 Å². The van der Waals surface area contributed by atoms with Gasteiger partial charge in [-0.2, -0.15) is 5.06 Å². The lowest BCUT2D eigenvalue weighted by Gasteiger charge is -2.62. The summed E-state index contributed by atoms with van der Waals surface area (Å²) in [4.78, 5) is 35.4. The summed E-state index contributed by atoms with van der Waals surface area (Å²) in [5.74, 6) is 0.771. The smallest absolute Gasteiger partial charge is 0.251 e. The number of carbonyl (C=O) groups is 2. The maximum absolute atomic E-state index is 14.0. The van der Waals surface area contributed by atoms with Crippen LogP contribution in [0.15, 0.2) is 48.5 Å². The van der Waals surface area contributed by atoms with E-state index in [1.54, 1.807) is 12.0 Å². The molecule has 2 amide bonds. The molecule has 9 atom stereocenters. The Labute approximate surface area is 267 Å². The number of hydrogen-bond acceptors (Lipinski definition) is 7. The van der Waals surface area contributed by atoms with Crippen molar-refractivity contribution in [2.45, 2.75) is 83.8 Å². The van der Waals surface area contributed by atoms with Gasteiger partial charge in [0.15, 0.2) is 0 Å². The Bertz CT molecular complexity index is 1400. The summed E-state index contributed by atoms with van der Waals surface area (Å²) in [6, 6.07) is 15.1. The quantitative estimate of drug-likeness (QED) is 0.341. The summed E-state index contributed by atoms with van der Waals surface area (Å²) < 4.78 is 0. The Morgan fingerprint density at radius 3 is 2.47 bits per heavy atom. The summed E-state index contributed by atoms with van der Waals surface area (Å²) in [7, 11) is 2.07. The fraction of sp³-hybridized carbons (Fsp3) is 0.611. The van der Waals surface area contributed by atoms with Crippen molar-refractivity contribution < 1.29 is 24.6 Å². The minimum absolute atomic E-state index is 0.0695. The highest BCUT2D eigenvalue weighted by atomic mass is 16.7. The third-order valence-corrected chi connectivity index (χ3v) is 11.5. The number of hydrogen-bond donors (Lipinski definition) is 4. The second kappa shape index (κ2) is 12.8. The molecule has 244 valence electrons. The molecule has 2 saturated heterocycles. The van der Waals surface area contributed by atoms with E-state index < -0.39 is 24.2 Å². The Hall–Kier alpha value is -2.82. The standard InChI is InChI=1S/C36H50N4O5/c1-21-29-16-27(36(29,3)4)17-30(21)38-35(44)33-32(22(2)42)31(20-41)45-40(33)18-23-8-6-9-24(14-23)25-10-7-11-26(15-25)34(43)37-28-12-13-39(5)19-28/h6-11,14-15,21-22,27-33,41-42H,12-13,16-20H2,1-5H3,(H,37,43)(H,38,44)/t21-,22-,27-,28-,29+,30-,31-,32+,33-/m0/s1. The van der Waals surface area contributed by atoms with Crippen molar-refractivity contribution in [3.05, 3.63) is 59.7 Å². The Kier molecular flexibility index (Phi) is 9.11. The van der Waals surface area contributed by atoms with Crippen LogP contribution in [-0.2, 0) is 16.2 Å². The van der Waals surface area contributed by atoms with Gasteiger partial charge in [0, 0.05) is 30.1 Å². The van der Waals surface area contributed by atoms with Gasteiger partial charge in [-0.1, -0.05) is 51.1 Å². The number of likely N-dealkylation sites (tertiary alicyclic amines) is 1. The van der Waals surface area contributed by atoms with Gasteiger partial charge in [-0.3, -0.25) is 14.4 Å². The zero-order chi connectivity index (χ0) is 32.0. The number of benzene rings is 2. The second-order valence-corrected chi connectivity index (χ2v) is 14.7. The van der Waals surface area contributed by atoms with Gasteiger partial charge in [-0.25, -0.2) is 0 Å². The zero-order valence-electron chi connectivity index (χ0n) is 27.3. The molecule has 2 aliphatic heterocycles. The number of aliphatic hydroxyl groups excluding tert-OH is 2. The average molecular weight is 619 g/mol. The molecule has 45 heavy (non-hydrogen) atoms. The second-order valence-electron chi connectivity index (χ2n) is 14.7. The highest BCUT2D eigenvalue weighted by Gasteiger charge is 2.57. The third-order valence-electron chi connectivity index (χ3n) is 11.5. The first-order valence-corrected chi connectivity index (χ1v) is 16.7. The summed E-state index contributed by atoms with van der Waals surface area (Å²) in [5, 5.41) is 29.1. The molecule has 7 rings (SSSR count). The van der Waals surface area contributed by atoms with Crippen LogP contribution in [0.25, 0.3) is 11.1 Å². The molecule has 0 radical (unpaired) electrons. The van der Waals surface area contributed by atoms with Crippen LogP contribution in [0.5, 0.6) is 0 Å². The van der Waals surface area contributed by atoms with E-state index in [9.17, 15) is 19.8 Å². The van der Waals surface area contributed by atoms with Crippen molar-refractivity contribution in [2.75, 3.05) is 26.7 Å². The van der Waals surface area contributed by atoms with Crippen LogP contribution in [-0.4, -0.2) is 89.1 Å². The Balaban J connectivity index is 1.18. The zero-order valence-corrected chi connectivity index (χ0v) is 27.3. The molecular weight excluding hydrogens is 568 g/mol. The topological polar surface area (TPSA) is 114 Å². The molecule has 2 aromatic rings. The number of fused-ring (bicyclic) bond motifs is 2. The maximum atomic E-state index is 14.0. The van der Waals surface area contributed by atoms with E-state index in [0.717, 1.165) is 42.6 Å². The van der Waals surface area contributed by atoms with E-state index in [1.165, 1.54) is 6.42 Å². The fourth-order valence-electron chi connectivity index (χ4n) is 8.68. The van der Waals surface area contributed by atoms with Crippen LogP contribution >= 0.6 is 0 Å². The molecule has 2 aromatic carbocycles. The molecule has 5 fully saturated rings. The van der Waals surface area contributed by atoms with Gasteiger partial charge < -0.3 is 25.7 Å². The van der Waals surface area contributed by atoms with Crippen LogP contribution in [0.3, 0.4) is 0 Å². The number of nitrogens with one attached hydrogen (secondary N) is 2. The van der Waals surface area contributed by atoms with Gasteiger partial charge >= 0.3 is 0 Å². The minimum atomic E-state index is -0.844. The van der Waals surface area contributed by atoms with E-state index in [1.807, 2.05) is 48.5 Å². The maximum Gasteiger partial charge on any atom is 0.251 e. The van der Waals surface area contributed by atoms with Crippen molar-refractivity contribution in [1.82, 2.24) is 20.6 Å². The number of amides is 2. The number of hydroxylamine groups is 2.